The smallest absolute Gasteiger partial charge is 0.416 e. The molecule has 2 heterocycles. The number of likely N-dealkylation sites (N-methyl/N-ethyl adjacent to an activating group) is 1. The number of aromatic nitrogens is 2. The minimum Gasteiger partial charge on any atom is -0.481 e. The van der Waals surface area contributed by atoms with Crippen LogP contribution < -0.4 is 10.9 Å². The molecule has 0 aliphatic heterocycles. The van der Waals surface area contributed by atoms with E-state index in [0.29, 0.717) is 11.8 Å². The number of alkyl halides is 3. The highest BCUT2D eigenvalue weighted by molar-refractivity contribution is 5.82. The van der Waals surface area contributed by atoms with E-state index in [9.17, 15) is 32.7 Å². The van der Waals surface area contributed by atoms with Gasteiger partial charge in [-0.1, -0.05) is 38.0 Å². The van der Waals surface area contributed by atoms with Gasteiger partial charge >= 0.3 is 12.1 Å². The average molecular weight is 639 g/mol. The third kappa shape index (κ3) is 9.30. The maximum Gasteiger partial charge on any atom is 0.416 e. The van der Waals surface area contributed by atoms with Crippen molar-refractivity contribution in [2.24, 2.45) is 5.92 Å². The van der Waals surface area contributed by atoms with Crippen molar-refractivity contribution in [1.82, 2.24) is 19.8 Å². The number of nitrogens with zero attached hydrogens (tertiary/aromatic N) is 3. The van der Waals surface area contributed by atoms with Crippen LogP contribution in [0.2, 0.25) is 0 Å². The van der Waals surface area contributed by atoms with Gasteiger partial charge in [0.15, 0.2) is 0 Å². The molecular weight excluding hydrogens is 597 g/mol. The summed E-state index contributed by atoms with van der Waals surface area (Å²) in [5, 5.41) is 12.6. The quantitative estimate of drug-likeness (QED) is 0.238. The van der Waals surface area contributed by atoms with Crippen LogP contribution in [-0.2, 0) is 22.2 Å². The Morgan fingerprint density at radius 1 is 1.11 bits per heavy atom. The molecule has 2 N–H and O–H groups in total. The van der Waals surface area contributed by atoms with E-state index in [1.807, 2.05) is 45.9 Å². The number of benzene rings is 1. The Labute approximate surface area is 267 Å². The monoisotopic (exact) mass is 638 g/mol. The van der Waals surface area contributed by atoms with Crippen LogP contribution in [0.1, 0.15) is 79.3 Å². The summed E-state index contributed by atoms with van der Waals surface area (Å²) in [4.78, 5) is 45.5. The summed E-state index contributed by atoms with van der Waals surface area (Å²) in [5.41, 5.74) is 2.12. The zero-order valence-corrected chi connectivity index (χ0v) is 27.2. The zero-order chi connectivity index (χ0) is 34.3. The highest BCUT2D eigenvalue weighted by atomic mass is 19.4. The van der Waals surface area contributed by atoms with Crippen LogP contribution in [0.5, 0.6) is 0 Å². The molecule has 0 aliphatic rings. The molecule has 8 nitrogen and oxygen atoms in total. The first kappa shape index (κ1) is 36.0. The lowest BCUT2D eigenvalue weighted by atomic mass is 9.94. The predicted octanol–water partition coefficient (Wildman–Crippen LogP) is 5.94. The lowest BCUT2D eigenvalue weighted by Gasteiger charge is -2.26. The molecular formula is C35H41F3N4O4. The number of aryl methyl sites for hydroxylation is 2. The van der Waals surface area contributed by atoms with Crippen molar-refractivity contribution < 1.29 is 27.9 Å². The fraction of sp³-hybridized carbons (Fsp3) is 0.429. The molecule has 0 spiro atoms. The highest BCUT2D eigenvalue weighted by Crippen LogP contribution is 2.33. The Morgan fingerprint density at radius 2 is 1.76 bits per heavy atom. The van der Waals surface area contributed by atoms with Gasteiger partial charge in [-0.2, -0.15) is 13.2 Å². The second kappa shape index (κ2) is 15.2. The molecule has 3 aromatic rings. The van der Waals surface area contributed by atoms with Crippen molar-refractivity contribution in [3.05, 3.63) is 86.6 Å². The normalized spacial score (nSPS) is 12.9. The number of carboxylic acid groups (broad SMARTS) is 1. The van der Waals surface area contributed by atoms with Crippen molar-refractivity contribution in [1.29, 1.82) is 0 Å². The van der Waals surface area contributed by atoms with Gasteiger partial charge in [0.1, 0.15) is 11.7 Å². The molecule has 2 atom stereocenters. The van der Waals surface area contributed by atoms with E-state index in [-0.39, 0.29) is 36.6 Å². The lowest BCUT2D eigenvalue weighted by molar-refractivity contribution is -0.139. The Bertz CT molecular complexity index is 1680. The minimum atomic E-state index is -4.76. The predicted molar refractivity (Wildman–Crippen MR) is 171 cm³/mol. The van der Waals surface area contributed by atoms with Gasteiger partial charge in [-0.3, -0.25) is 14.4 Å². The van der Waals surface area contributed by atoms with Crippen molar-refractivity contribution in [3.63, 3.8) is 0 Å². The number of halogens is 3. The topological polar surface area (TPSA) is 105 Å². The van der Waals surface area contributed by atoms with E-state index in [2.05, 4.69) is 22.1 Å². The van der Waals surface area contributed by atoms with E-state index in [4.69, 9.17) is 0 Å². The molecule has 3 rings (SSSR count). The fourth-order valence-corrected chi connectivity index (χ4v) is 5.44. The van der Waals surface area contributed by atoms with Crippen molar-refractivity contribution in [3.8, 4) is 23.0 Å². The molecule has 0 saturated carbocycles. The molecule has 246 valence electrons. The van der Waals surface area contributed by atoms with Gasteiger partial charge in [-0.05, 0) is 99.5 Å². The number of amides is 1. The molecule has 2 aromatic heterocycles. The lowest BCUT2D eigenvalue weighted by Crippen LogP contribution is -2.41. The van der Waals surface area contributed by atoms with Gasteiger partial charge in [0.05, 0.1) is 23.7 Å². The molecule has 11 heteroatoms. The Balaban J connectivity index is 2.15. The summed E-state index contributed by atoms with van der Waals surface area (Å²) >= 11 is 0. The molecule has 0 aliphatic carbocycles. The Morgan fingerprint density at radius 3 is 2.30 bits per heavy atom. The van der Waals surface area contributed by atoms with Crippen molar-refractivity contribution >= 4 is 11.9 Å². The van der Waals surface area contributed by atoms with Crippen LogP contribution in [0.4, 0.5) is 13.2 Å². The van der Waals surface area contributed by atoms with Gasteiger partial charge in [0.25, 0.3) is 5.56 Å². The van der Waals surface area contributed by atoms with E-state index in [1.54, 1.807) is 38.1 Å². The zero-order valence-electron chi connectivity index (χ0n) is 27.2. The molecule has 0 unspecified atom stereocenters. The van der Waals surface area contributed by atoms with E-state index >= 15 is 0 Å². The van der Waals surface area contributed by atoms with E-state index in [1.165, 1.54) is 0 Å². The first-order valence-corrected chi connectivity index (χ1v) is 15.0. The molecule has 0 saturated heterocycles. The van der Waals surface area contributed by atoms with Gasteiger partial charge in [-0.25, -0.2) is 4.98 Å². The SMILES string of the molecule is CC#Cc1cc(-c2c(C)cccc2C)cc([C@H](CC(=O)O)NC(=O)[C@H](CC(C)C)n2cc(CCN(C)C)c(C(F)(F)F)cc2=O)n1. The third-order valence-electron chi connectivity index (χ3n) is 7.55. The average Bonchev–Trinajstić information content (AvgIpc) is 2.94. The van der Waals surface area contributed by atoms with Gasteiger partial charge in [-0.15, -0.1) is 0 Å². The summed E-state index contributed by atoms with van der Waals surface area (Å²) < 4.78 is 42.8. The number of carbonyl (C=O) groups excluding carboxylic acids is 1. The van der Waals surface area contributed by atoms with Crippen LogP contribution in [0, 0.1) is 31.6 Å². The largest absolute Gasteiger partial charge is 0.481 e. The second-order valence-electron chi connectivity index (χ2n) is 12.1. The van der Waals surface area contributed by atoms with Gasteiger partial charge < -0.3 is 19.9 Å². The van der Waals surface area contributed by atoms with Gasteiger partial charge in [0, 0.05) is 18.8 Å². The van der Waals surface area contributed by atoms with E-state index < -0.39 is 47.7 Å². The first-order chi connectivity index (χ1) is 21.5. The van der Waals surface area contributed by atoms with Crippen LogP contribution >= 0.6 is 0 Å². The number of nitrogens with one attached hydrogen (secondary N) is 1. The summed E-state index contributed by atoms with van der Waals surface area (Å²) in [7, 11) is 3.45. The molecule has 0 fully saturated rings. The molecule has 46 heavy (non-hydrogen) atoms. The highest BCUT2D eigenvalue weighted by Gasteiger charge is 2.36. The number of pyridine rings is 2. The van der Waals surface area contributed by atoms with Crippen molar-refractivity contribution in [2.75, 3.05) is 20.6 Å². The molecule has 1 aromatic carbocycles. The number of aliphatic carboxylic acids is 1. The fourth-order valence-electron chi connectivity index (χ4n) is 5.44. The maximum absolute atomic E-state index is 14.0. The summed E-state index contributed by atoms with van der Waals surface area (Å²) in [6, 6.07) is 7.55. The molecule has 1 amide bonds. The number of carbonyl (C=O) groups is 2. The van der Waals surface area contributed by atoms with E-state index in [0.717, 1.165) is 33.0 Å². The second-order valence-corrected chi connectivity index (χ2v) is 12.1. The molecule has 0 radical (unpaired) electrons. The summed E-state index contributed by atoms with van der Waals surface area (Å²) in [6.07, 6.45) is -4.06. The Kier molecular flexibility index (Phi) is 11.9. The van der Waals surface area contributed by atoms with Crippen molar-refractivity contribution in [2.45, 2.75) is 72.1 Å². The van der Waals surface area contributed by atoms with Crippen LogP contribution in [-0.4, -0.2) is 52.1 Å². The summed E-state index contributed by atoms with van der Waals surface area (Å²) in [5.74, 6) is 3.69. The van der Waals surface area contributed by atoms with Crippen LogP contribution in [0.15, 0.2) is 47.4 Å². The third-order valence-corrected chi connectivity index (χ3v) is 7.55. The van der Waals surface area contributed by atoms with Crippen LogP contribution in [0.3, 0.4) is 0 Å². The maximum atomic E-state index is 14.0. The standard InChI is InChI=1S/C35H41F3N4O4/c1-8-10-26-16-25(33-22(4)11-9-12-23(33)5)17-28(39-26)29(19-32(44)45)40-34(46)30(15-21(2)3)42-20-24(13-14-41(6)7)27(18-31(42)43)35(36,37)38/h9,11-12,16-18,20-21,29-30H,13-15,19H2,1-7H3,(H,40,46)(H,44,45)/t29-,30-/m0/s1. The Hall–Kier alpha value is -4.43. The minimum absolute atomic E-state index is 0.00392. The number of rotatable bonds is 12. The van der Waals surface area contributed by atoms with Crippen LogP contribution in [0.25, 0.3) is 11.1 Å². The number of carboxylic acids is 1. The molecule has 0 bridgehead atoms. The summed E-state index contributed by atoms with van der Waals surface area (Å²) in [6.45, 7) is 9.48. The number of hydrogen-bond acceptors (Lipinski definition) is 5. The number of hydrogen-bond donors (Lipinski definition) is 2. The van der Waals surface area contributed by atoms with Gasteiger partial charge in [0.2, 0.25) is 5.91 Å². The first-order valence-electron chi connectivity index (χ1n) is 15.0.